The first-order valence-electron chi connectivity index (χ1n) is 11.6. The summed E-state index contributed by atoms with van der Waals surface area (Å²) in [6.07, 6.45) is 0.682. The zero-order chi connectivity index (χ0) is 24.6. The molecule has 1 atom stereocenters. The van der Waals surface area contributed by atoms with Crippen LogP contribution in [-0.2, 0) is 16.1 Å². The molecule has 3 aromatic rings. The van der Waals surface area contributed by atoms with Crippen LogP contribution >= 0.6 is 0 Å². The number of alkyl carbamates (subject to hydrolysis) is 1. The molecule has 180 valence electrons. The number of rotatable bonds is 9. The summed E-state index contributed by atoms with van der Waals surface area (Å²) in [6.45, 7) is 6.49. The van der Waals surface area contributed by atoms with E-state index in [1.54, 1.807) is 0 Å². The van der Waals surface area contributed by atoms with Gasteiger partial charge in [0.1, 0.15) is 17.4 Å². The van der Waals surface area contributed by atoms with E-state index in [0.29, 0.717) is 31.7 Å². The van der Waals surface area contributed by atoms with Crippen molar-refractivity contribution >= 4 is 22.8 Å². The number of carbonyl (C=O) groups is 2. The van der Waals surface area contributed by atoms with Crippen LogP contribution < -0.4 is 10.1 Å². The van der Waals surface area contributed by atoms with Gasteiger partial charge in [-0.1, -0.05) is 60.7 Å². The minimum absolute atomic E-state index is 0.314. The van der Waals surface area contributed by atoms with E-state index in [1.165, 1.54) is 0 Å². The van der Waals surface area contributed by atoms with Crippen molar-refractivity contribution in [3.8, 4) is 5.75 Å². The predicted molar refractivity (Wildman–Crippen MR) is 135 cm³/mol. The first-order chi connectivity index (χ1) is 16.2. The Balaban J connectivity index is 1.65. The van der Waals surface area contributed by atoms with Crippen LogP contribution in [0.1, 0.15) is 39.2 Å². The molecule has 6 nitrogen and oxygen atoms in total. The molecule has 3 rings (SSSR count). The van der Waals surface area contributed by atoms with Crippen LogP contribution in [0.5, 0.6) is 5.75 Å². The van der Waals surface area contributed by atoms with E-state index in [9.17, 15) is 9.59 Å². The third-order valence-corrected chi connectivity index (χ3v) is 5.34. The van der Waals surface area contributed by atoms with Crippen LogP contribution in [0.2, 0.25) is 0 Å². The zero-order valence-electron chi connectivity index (χ0n) is 20.4. The topological polar surface area (TPSA) is 67.9 Å². The monoisotopic (exact) mass is 462 g/mol. The molecule has 0 spiro atoms. The van der Waals surface area contributed by atoms with Crippen LogP contribution in [0.25, 0.3) is 10.8 Å². The molecule has 0 radical (unpaired) electrons. The smallest absolute Gasteiger partial charge is 0.407 e. The fourth-order valence-corrected chi connectivity index (χ4v) is 3.71. The van der Waals surface area contributed by atoms with E-state index in [2.05, 4.69) is 5.32 Å². The Labute approximate surface area is 201 Å². The highest BCUT2D eigenvalue weighted by Gasteiger charge is 2.25. The van der Waals surface area contributed by atoms with Crippen LogP contribution in [-0.4, -0.2) is 42.2 Å². The summed E-state index contributed by atoms with van der Waals surface area (Å²) in [4.78, 5) is 27.1. The van der Waals surface area contributed by atoms with Gasteiger partial charge in [0.15, 0.2) is 0 Å². The lowest BCUT2D eigenvalue weighted by Crippen LogP contribution is -2.41. The van der Waals surface area contributed by atoms with Gasteiger partial charge in [-0.15, -0.1) is 0 Å². The highest BCUT2D eigenvalue weighted by molar-refractivity contribution is 5.85. The van der Waals surface area contributed by atoms with Crippen LogP contribution in [0.4, 0.5) is 4.79 Å². The van der Waals surface area contributed by atoms with Crippen molar-refractivity contribution in [2.45, 2.75) is 51.8 Å². The molecule has 0 unspecified atom stereocenters. The van der Waals surface area contributed by atoms with Gasteiger partial charge >= 0.3 is 12.1 Å². The summed E-state index contributed by atoms with van der Waals surface area (Å²) in [5.41, 5.74) is 0.562. The molecule has 0 fully saturated rings. The number of likely N-dealkylation sites (N-methyl/N-ethyl adjacent to an activating group) is 1. The standard InChI is InChI=1S/C28H34N2O4/c1-28(2,3)34-27(32)29-18-10-15-25(30(4)20-21-11-6-5-7-12-21)26(31)33-24-17-16-22-13-8-9-14-23(22)19-24/h5-9,11-14,16-17,19,25H,10,15,18,20H2,1-4H3,(H,29,32)/t25-/m0/s1. The molecular formula is C28H34N2O4. The molecule has 0 bridgehead atoms. The number of hydrogen-bond acceptors (Lipinski definition) is 5. The van der Waals surface area contributed by atoms with Gasteiger partial charge in [0.05, 0.1) is 0 Å². The zero-order valence-corrected chi connectivity index (χ0v) is 20.4. The molecule has 0 saturated carbocycles. The normalized spacial score (nSPS) is 12.4. The Morgan fingerprint density at radius 1 is 0.941 bits per heavy atom. The van der Waals surface area contributed by atoms with E-state index in [4.69, 9.17) is 9.47 Å². The number of fused-ring (bicyclic) bond motifs is 1. The van der Waals surface area contributed by atoms with Gasteiger partial charge in [-0.05, 0) is 69.1 Å². The summed E-state index contributed by atoms with van der Waals surface area (Å²) < 4.78 is 11.1. The second-order valence-electron chi connectivity index (χ2n) is 9.42. The number of nitrogens with one attached hydrogen (secondary N) is 1. The molecular weight excluding hydrogens is 428 g/mol. The molecule has 0 aliphatic heterocycles. The van der Waals surface area contributed by atoms with E-state index >= 15 is 0 Å². The number of esters is 1. The molecule has 1 amide bonds. The highest BCUT2D eigenvalue weighted by atomic mass is 16.6. The van der Waals surface area contributed by atoms with E-state index in [1.807, 2.05) is 106 Å². The van der Waals surface area contributed by atoms with Crippen molar-refractivity contribution in [3.05, 3.63) is 78.4 Å². The second-order valence-corrected chi connectivity index (χ2v) is 9.42. The largest absolute Gasteiger partial charge is 0.444 e. The molecule has 3 aromatic carbocycles. The summed E-state index contributed by atoms with van der Waals surface area (Å²) in [7, 11) is 1.92. The fraction of sp³-hybridized carbons (Fsp3) is 0.357. The maximum absolute atomic E-state index is 13.2. The van der Waals surface area contributed by atoms with Crippen molar-refractivity contribution in [1.82, 2.24) is 10.2 Å². The molecule has 0 saturated heterocycles. The Hall–Kier alpha value is -3.38. The van der Waals surface area contributed by atoms with Gasteiger partial charge in [0.25, 0.3) is 0 Å². The average Bonchev–Trinajstić information content (AvgIpc) is 2.78. The van der Waals surface area contributed by atoms with E-state index in [0.717, 1.165) is 16.3 Å². The van der Waals surface area contributed by atoms with Gasteiger partial charge in [-0.3, -0.25) is 4.90 Å². The second kappa shape index (κ2) is 11.7. The summed E-state index contributed by atoms with van der Waals surface area (Å²) in [5.74, 6) is 0.208. The number of benzene rings is 3. The molecule has 6 heteroatoms. The molecule has 1 N–H and O–H groups in total. The SMILES string of the molecule is CN(Cc1ccccc1)[C@@H](CCCNC(=O)OC(C)(C)C)C(=O)Oc1ccc2ccccc2c1. The summed E-state index contributed by atoms with van der Waals surface area (Å²) >= 11 is 0. The van der Waals surface area contributed by atoms with Gasteiger partial charge in [0, 0.05) is 13.1 Å². The van der Waals surface area contributed by atoms with Crippen LogP contribution in [0.3, 0.4) is 0 Å². The minimum atomic E-state index is -0.549. The van der Waals surface area contributed by atoms with Crippen LogP contribution in [0.15, 0.2) is 72.8 Å². The third-order valence-electron chi connectivity index (χ3n) is 5.34. The van der Waals surface area contributed by atoms with Crippen molar-refractivity contribution in [1.29, 1.82) is 0 Å². The number of hydrogen-bond donors (Lipinski definition) is 1. The maximum Gasteiger partial charge on any atom is 0.407 e. The number of amides is 1. The molecule has 0 heterocycles. The van der Waals surface area contributed by atoms with Gasteiger partial charge in [-0.2, -0.15) is 0 Å². The lowest BCUT2D eigenvalue weighted by atomic mass is 10.1. The van der Waals surface area contributed by atoms with Crippen molar-refractivity contribution in [2.24, 2.45) is 0 Å². The van der Waals surface area contributed by atoms with Gasteiger partial charge in [0.2, 0.25) is 0 Å². The highest BCUT2D eigenvalue weighted by Crippen LogP contribution is 2.22. The van der Waals surface area contributed by atoms with Gasteiger partial charge in [-0.25, -0.2) is 9.59 Å². The lowest BCUT2D eigenvalue weighted by Gasteiger charge is -2.26. The Morgan fingerprint density at radius 2 is 1.62 bits per heavy atom. The van der Waals surface area contributed by atoms with Gasteiger partial charge < -0.3 is 14.8 Å². The number of nitrogens with zero attached hydrogens (tertiary/aromatic N) is 1. The Kier molecular flexibility index (Phi) is 8.66. The summed E-state index contributed by atoms with van der Waals surface area (Å²) in [5, 5.41) is 4.87. The lowest BCUT2D eigenvalue weighted by molar-refractivity contribution is -0.140. The Morgan fingerprint density at radius 3 is 2.32 bits per heavy atom. The Bertz CT molecular complexity index is 1090. The molecule has 0 aliphatic rings. The van der Waals surface area contributed by atoms with E-state index < -0.39 is 17.7 Å². The van der Waals surface area contributed by atoms with Crippen molar-refractivity contribution in [3.63, 3.8) is 0 Å². The molecule has 34 heavy (non-hydrogen) atoms. The first-order valence-corrected chi connectivity index (χ1v) is 11.6. The molecule has 0 aromatic heterocycles. The predicted octanol–water partition coefficient (Wildman–Crippen LogP) is 5.55. The third kappa shape index (κ3) is 7.89. The molecule has 0 aliphatic carbocycles. The number of carbonyl (C=O) groups excluding carboxylic acids is 2. The number of ether oxygens (including phenoxy) is 2. The van der Waals surface area contributed by atoms with E-state index in [-0.39, 0.29) is 5.97 Å². The minimum Gasteiger partial charge on any atom is -0.444 e. The van der Waals surface area contributed by atoms with Crippen LogP contribution in [0, 0.1) is 0 Å². The van der Waals surface area contributed by atoms with Crippen molar-refractivity contribution < 1.29 is 19.1 Å². The quantitative estimate of drug-likeness (QED) is 0.256. The fourth-order valence-electron chi connectivity index (χ4n) is 3.71. The maximum atomic E-state index is 13.2. The first kappa shape index (κ1) is 25.2. The van der Waals surface area contributed by atoms with Crippen molar-refractivity contribution in [2.75, 3.05) is 13.6 Å². The average molecular weight is 463 g/mol. The summed E-state index contributed by atoms with van der Waals surface area (Å²) in [6, 6.07) is 23.1.